The number of hydrogen-bond donors (Lipinski definition) is 0. The van der Waals surface area contributed by atoms with E-state index >= 15 is 0 Å². The molecule has 1 aromatic carbocycles. The maximum atomic E-state index is 2.53. The molecular formula is C42H52S6. The van der Waals surface area contributed by atoms with E-state index in [0.717, 1.165) is 28.9 Å². The average molecular weight is 749 g/mol. The van der Waals surface area contributed by atoms with Crippen LogP contribution in [0.1, 0.15) is 116 Å². The Balaban J connectivity index is 1.00. The molecule has 0 N–H and O–H groups in total. The summed E-state index contributed by atoms with van der Waals surface area (Å²) < 4.78 is 8.78. The molecule has 7 rings (SSSR count). The third-order valence-electron chi connectivity index (χ3n) is 10.2. The van der Waals surface area contributed by atoms with Crippen molar-refractivity contribution < 1.29 is 0 Å². The fourth-order valence-corrected chi connectivity index (χ4v) is 14.8. The molecule has 0 aliphatic carbocycles. The maximum absolute atomic E-state index is 2.53. The van der Waals surface area contributed by atoms with Gasteiger partial charge in [-0.2, -0.15) is 0 Å². The highest BCUT2D eigenvalue weighted by atomic mass is 32.2. The maximum Gasteiger partial charge on any atom is 0.0536 e. The summed E-state index contributed by atoms with van der Waals surface area (Å²) in [5.74, 6) is 3.35. The van der Waals surface area contributed by atoms with E-state index in [1.54, 1.807) is 4.88 Å². The summed E-state index contributed by atoms with van der Waals surface area (Å²) >= 11 is 12.2. The minimum atomic E-state index is 0.766. The second kappa shape index (κ2) is 15.6. The zero-order valence-corrected chi connectivity index (χ0v) is 34.6. The van der Waals surface area contributed by atoms with E-state index in [0.29, 0.717) is 0 Å². The smallest absolute Gasteiger partial charge is 0.0536 e. The van der Waals surface area contributed by atoms with Gasteiger partial charge in [0.05, 0.1) is 9.40 Å². The lowest BCUT2D eigenvalue weighted by Crippen LogP contribution is -2.03. The minimum Gasteiger partial charge on any atom is -0.139 e. The fraction of sp³-hybridized carbons (Fsp3) is 0.524. The summed E-state index contributed by atoms with van der Waals surface area (Å²) in [6.07, 6.45) is 17.3. The number of fused-ring (bicyclic) bond motifs is 6. The van der Waals surface area contributed by atoms with Gasteiger partial charge in [-0.1, -0.05) is 86.1 Å². The number of allylic oxidation sites excluding steroid dienone is 1. The number of benzene rings is 1. The summed E-state index contributed by atoms with van der Waals surface area (Å²) in [7, 11) is 0. The second-order valence-corrected chi connectivity index (χ2v) is 22.2. The van der Waals surface area contributed by atoms with E-state index in [1.807, 2.05) is 56.7 Å². The number of hydrogen-bond acceptors (Lipinski definition) is 6. The molecule has 0 saturated heterocycles. The number of aryl methyl sites for hydroxylation is 1. The molecule has 5 aromatic heterocycles. The molecule has 1 aliphatic rings. The number of thiophene rings is 5. The van der Waals surface area contributed by atoms with Gasteiger partial charge >= 0.3 is 0 Å². The Labute approximate surface area is 313 Å². The molecule has 3 unspecified atom stereocenters. The quantitative estimate of drug-likeness (QED) is 0.0950. The van der Waals surface area contributed by atoms with Gasteiger partial charge in [-0.15, -0.1) is 68.4 Å². The van der Waals surface area contributed by atoms with Crippen molar-refractivity contribution in [1.29, 1.82) is 0 Å². The molecule has 0 spiro atoms. The van der Waals surface area contributed by atoms with E-state index in [4.69, 9.17) is 0 Å². The van der Waals surface area contributed by atoms with E-state index in [2.05, 4.69) is 95.8 Å². The van der Waals surface area contributed by atoms with Gasteiger partial charge in [-0.3, -0.25) is 0 Å². The largest absolute Gasteiger partial charge is 0.139 e. The van der Waals surface area contributed by atoms with Gasteiger partial charge in [0.2, 0.25) is 0 Å². The van der Waals surface area contributed by atoms with Crippen molar-refractivity contribution >= 4 is 112 Å². The van der Waals surface area contributed by atoms with Crippen LogP contribution >= 0.6 is 68.4 Å². The lowest BCUT2D eigenvalue weighted by Gasteiger charge is -2.15. The Hall–Kier alpha value is -1.15. The van der Waals surface area contributed by atoms with Gasteiger partial charge in [0.25, 0.3) is 0 Å². The molecule has 0 bridgehead atoms. The van der Waals surface area contributed by atoms with Gasteiger partial charge < -0.3 is 0 Å². The van der Waals surface area contributed by atoms with Gasteiger partial charge in [0.1, 0.15) is 0 Å². The SMILES string of the molecule is CC(C)CCCC(C)CCc1ccc(-c2cc3sc4cc5c(cc4c3s2)sc2cc(C3=CCC(CCC(C)CCCC(C)C)S3)sc25)s1. The highest BCUT2D eigenvalue weighted by molar-refractivity contribution is 8.09. The topological polar surface area (TPSA) is 0 Å². The first-order chi connectivity index (χ1) is 23.2. The summed E-state index contributed by atoms with van der Waals surface area (Å²) in [6.45, 7) is 14.3. The zero-order chi connectivity index (χ0) is 33.4. The third kappa shape index (κ3) is 8.15. The van der Waals surface area contributed by atoms with Crippen molar-refractivity contribution in [3.8, 4) is 9.75 Å². The van der Waals surface area contributed by atoms with Crippen molar-refractivity contribution in [2.24, 2.45) is 23.7 Å². The van der Waals surface area contributed by atoms with Crippen LogP contribution in [0.25, 0.3) is 53.6 Å². The Morgan fingerprint density at radius 2 is 1.19 bits per heavy atom. The van der Waals surface area contributed by atoms with Crippen LogP contribution in [0.15, 0.2) is 42.5 Å². The molecule has 3 atom stereocenters. The first-order valence-electron chi connectivity index (χ1n) is 18.5. The number of rotatable bonds is 16. The van der Waals surface area contributed by atoms with Gasteiger partial charge in [0, 0.05) is 59.2 Å². The van der Waals surface area contributed by atoms with Crippen molar-refractivity contribution in [2.45, 2.75) is 117 Å². The monoisotopic (exact) mass is 748 g/mol. The van der Waals surface area contributed by atoms with Crippen LogP contribution in [0.4, 0.5) is 0 Å². The molecule has 6 aromatic rings. The van der Waals surface area contributed by atoms with Crippen molar-refractivity contribution in [1.82, 2.24) is 0 Å². The fourth-order valence-electron chi connectivity index (χ4n) is 7.23. The first kappa shape index (κ1) is 35.3. The standard InChI is InChI=1S/C42H52S6/c1-25(2)9-7-11-27(5)13-15-29-17-19-33(43-29)37-23-39-41(47-37)31-21-36-32(22-35(31)45-39)42-40(46-36)24-38(48-42)34-20-18-30(44-34)16-14-28(6)12-8-10-26(3)4/h17,19-28,30H,7-16,18H2,1-6H3. The summed E-state index contributed by atoms with van der Waals surface area (Å²) in [4.78, 5) is 7.46. The summed E-state index contributed by atoms with van der Waals surface area (Å²) in [5.41, 5.74) is 0. The average Bonchev–Trinajstić information content (AvgIpc) is 3.88. The van der Waals surface area contributed by atoms with E-state index < -0.39 is 0 Å². The van der Waals surface area contributed by atoms with Crippen LogP contribution in [0.3, 0.4) is 0 Å². The molecule has 0 amide bonds. The van der Waals surface area contributed by atoms with Gasteiger partial charge in [-0.25, -0.2) is 0 Å². The van der Waals surface area contributed by atoms with Gasteiger partial charge in [-0.05, 0) is 92.2 Å². The normalized spacial score (nSPS) is 16.9. The predicted octanol–water partition coefficient (Wildman–Crippen LogP) is 16.8. The summed E-state index contributed by atoms with van der Waals surface area (Å²) in [6, 6.07) is 14.7. The van der Waals surface area contributed by atoms with E-state index in [9.17, 15) is 0 Å². The van der Waals surface area contributed by atoms with Crippen LogP contribution in [-0.4, -0.2) is 5.25 Å². The van der Waals surface area contributed by atoms with Crippen molar-refractivity contribution in [2.75, 3.05) is 0 Å². The first-order valence-corrected chi connectivity index (χ1v) is 23.4. The molecular weight excluding hydrogens is 697 g/mol. The molecule has 0 radical (unpaired) electrons. The molecule has 48 heavy (non-hydrogen) atoms. The minimum absolute atomic E-state index is 0.766. The van der Waals surface area contributed by atoms with Crippen LogP contribution in [-0.2, 0) is 6.42 Å². The van der Waals surface area contributed by atoms with E-state index in [1.165, 1.54) is 129 Å². The van der Waals surface area contributed by atoms with Crippen molar-refractivity contribution in [3.05, 3.63) is 52.2 Å². The Morgan fingerprint density at radius 1 is 0.583 bits per heavy atom. The second-order valence-electron chi connectivity index (χ2n) is 15.4. The molecule has 0 fully saturated rings. The highest BCUT2D eigenvalue weighted by Gasteiger charge is 2.23. The molecule has 0 saturated carbocycles. The van der Waals surface area contributed by atoms with Crippen LogP contribution in [0.2, 0.25) is 0 Å². The van der Waals surface area contributed by atoms with Crippen LogP contribution in [0, 0.1) is 23.7 Å². The molecule has 256 valence electrons. The molecule has 0 nitrogen and oxygen atoms in total. The Kier molecular flexibility index (Phi) is 11.5. The molecule has 6 heteroatoms. The summed E-state index contributed by atoms with van der Waals surface area (Å²) in [5, 5.41) is 3.68. The zero-order valence-electron chi connectivity index (χ0n) is 29.7. The highest BCUT2D eigenvalue weighted by Crippen LogP contribution is 2.51. The van der Waals surface area contributed by atoms with Crippen LogP contribution < -0.4 is 0 Å². The van der Waals surface area contributed by atoms with Crippen LogP contribution in [0.5, 0.6) is 0 Å². The van der Waals surface area contributed by atoms with Gasteiger partial charge in [0.15, 0.2) is 0 Å². The molecule has 1 aliphatic heterocycles. The molecule has 6 heterocycles. The predicted molar refractivity (Wildman–Crippen MR) is 229 cm³/mol. The third-order valence-corrected chi connectivity index (χ3v) is 17.9. The number of thioether (sulfide) groups is 1. The lowest BCUT2D eigenvalue weighted by atomic mass is 9.95. The Morgan fingerprint density at radius 3 is 1.83 bits per heavy atom. The Bertz CT molecular complexity index is 2000. The lowest BCUT2D eigenvalue weighted by molar-refractivity contribution is 0.425. The van der Waals surface area contributed by atoms with E-state index in [-0.39, 0.29) is 0 Å². The van der Waals surface area contributed by atoms with Crippen molar-refractivity contribution in [3.63, 3.8) is 0 Å².